The van der Waals surface area contributed by atoms with Crippen LogP contribution >= 0.6 is 0 Å². The standard InChI is InChI=1S/C13H17NO5/c1-2-3-6-18-12(15)8-19-11-7-9(13(16)17)4-5-10(11)14/h4-5,7H,2-3,6,8,14H2,1H3,(H,16,17). The van der Waals surface area contributed by atoms with Crippen molar-refractivity contribution in [1.29, 1.82) is 0 Å². The summed E-state index contributed by atoms with van der Waals surface area (Å²) in [5, 5.41) is 8.83. The fraction of sp³-hybridized carbons (Fsp3) is 0.385. The van der Waals surface area contributed by atoms with Crippen molar-refractivity contribution in [2.24, 2.45) is 0 Å². The van der Waals surface area contributed by atoms with Crippen molar-refractivity contribution in [3.8, 4) is 5.75 Å². The molecule has 6 nitrogen and oxygen atoms in total. The van der Waals surface area contributed by atoms with Crippen LogP contribution in [0.1, 0.15) is 30.1 Å². The number of rotatable bonds is 7. The molecule has 0 fully saturated rings. The van der Waals surface area contributed by atoms with Crippen LogP contribution in [0.3, 0.4) is 0 Å². The van der Waals surface area contributed by atoms with Gasteiger partial charge in [-0.3, -0.25) is 0 Å². The van der Waals surface area contributed by atoms with Crippen molar-refractivity contribution < 1.29 is 24.2 Å². The lowest BCUT2D eigenvalue weighted by molar-refractivity contribution is -0.146. The summed E-state index contributed by atoms with van der Waals surface area (Å²) in [6, 6.07) is 4.06. The first kappa shape index (κ1) is 14.8. The van der Waals surface area contributed by atoms with Crippen molar-refractivity contribution in [2.75, 3.05) is 18.9 Å². The van der Waals surface area contributed by atoms with E-state index in [2.05, 4.69) is 0 Å². The first-order chi connectivity index (χ1) is 9.04. The minimum atomic E-state index is -1.09. The molecule has 0 spiro atoms. The topological polar surface area (TPSA) is 98.8 Å². The molecule has 0 radical (unpaired) electrons. The summed E-state index contributed by atoms with van der Waals surface area (Å²) in [5.74, 6) is -1.43. The molecule has 6 heteroatoms. The Morgan fingerprint density at radius 3 is 2.74 bits per heavy atom. The van der Waals surface area contributed by atoms with E-state index in [0.29, 0.717) is 6.61 Å². The van der Waals surface area contributed by atoms with Crippen LogP contribution < -0.4 is 10.5 Å². The number of nitrogens with two attached hydrogens (primary N) is 1. The first-order valence-corrected chi connectivity index (χ1v) is 5.95. The Labute approximate surface area is 111 Å². The van der Waals surface area contributed by atoms with Gasteiger partial charge in [0, 0.05) is 0 Å². The van der Waals surface area contributed by atoms with Gasteiger partial charge >= 0.3 is 11.9 Å². The highest BCUT2D eigenvalue weighted by Crippen LogP contribution is 2.22. The van der Waals surface area contributed by atoms with E-state index < -0.39 is 11.9 Å². The highest BCUT2D eigenvalue weighted by atomic mass is 16.6. The zero-order valence-electron chi connectivity index (χ0n) is 10.7. The molecule has 1 aromatic rings. The molecule has 0 aliphatic carbocycles. The van der Waals surface area contributed by atoms with Crippen LogP contribution in [-0.4, -0.2) is 30.3 Å². The Hall–Kier alpha value is -2.24. The van der Waals surface area contributed by atoms with Crippen LogP contribution in [0.4, 0.5) is 5.69 Å². The van der Waals surface area contributed by atoms with Crippen LogP contribution in [0.25, 0.3) is 0 Å². The van der Waals surface area contributed by atoms with Gasteiger partial charge in [0.15, 0.2) is 6.61 Å². The van der Waals surface area contributed by atoms with Crippen LogP contribution in [0.5, 0.6) is 5.75 Å². The number of hydrogen-bond acceptors (Lipinski definition) is 5. The minimum Gasteiger partial charge on any atom is -0.480 e. The lowest BCUT2D eigenvalue weighted by atomic mass is 10.2. The number of unbranched alkanes of at least 4 members (excludes halogenated alkanes) is 1. The third kappa shape index (κ3) is 4.87. The third-order valence-electron chi connectivity index (χ3n) is 2.37. The van der Waals surface area contributed by atoms with Gasteiger partial charge in [-0.15, -0.1) is 0 Å². The average molecular weight is 267 g/mol. The maximum absolute atomic E-state index is 11.3. The largest absolute Gasteiger partial charge is 0.480 e. The zero-order chi connectivity index (χ0) is 14.3. The maximum Gasteiger partial charge on any atom is 0.344 e. The molecule has 0 unspecified atom stereocenters. The smallest absolute Gasteiger partial charge is 0.344 e. The lowest BCUT2D eigenvalue weighted by Gasteiger charge is -2.09. The molecule has 0 heterocycles. The van der Waals surface area contributed by atoms with Gasteiger partial charge in [0.25, 0.3) is 0 Å². The van der Waals surface area contributed by atoms with E-state index in [9.17, 15) is 9.59 Å². The zero-order valence-corrected chi connectivity index (χ0v) is 10.7. The van der Waals surface area contributed by atoms with Gasteiger partial charge in [0.2, 0.25) is 0 Å². The fourth-order valence-corrected chi connectivity index (χ4v) is 1.30. The number of carboxylic acid groups (broad SMARTS) is 1. The van der Waals surface area contributed by atoms with E-state index in [4.69, 9.17) is 20.3 Å². The molecule has 0 aliphatic heterocycles. The number of carbonyl (C=O) groups excluding carboxylic acids is 1. The molecule has 1 rings (SSSR count). The molecule has 1 aromatic carbocycles. The molecule has 0 aliphatic rings. The number of anilines is 1. The minimum absolute atomic E-state index is 0.0450. The summed E-state index contributed by atoms with van der Waals surface area (Å²) >= 11 is 0. The Morgan fingerprint density at radius 1 is 1.37 bits per heavy atom. The van der Waals surface area contributed by atoms with Gasteiger partial charge < -0.3 is 20.3 Å². The van der Waals surface area contributed by atoms with Crippen molar-refractivity contribution in [3.05, 3.63) is 23.8 Å². The predicted molar refractivity (Wildman–Crippen MR) is 69.2 cm³/mol. The van der Waals surface area contributed by atoms with E-state index in [0.717, 1.165) is 12.8 Å². The normalized spacial score (nSPS) is 9.95. The van der Waals surface area contributed by atoms with E-state index in [1.807, 2.05) is 6.92 Å². The number of ether oxygens (including phenoxy) is 2. The van der Waals surface area contributed by atoms with Crippen molar-refractivity contribution in [3.63, 3.8) is 0 Å². The second kappa shape index (κ2) is 7.25. The number of aromatic carboxylic acids is 1. The van der Waals surface area contributed by atoms with Crippen molar-refractivity contribution >= 4 is 17.6 Å². The van der Waals surface area contributed by atoms with Crippen LogP contribution in [0, 0.1) is 0 Å². The van der Waals surface area contributed by atoms with E-state index in [1.54, 1.807) is 0 Å². The quantitative estimate of drug-likeness (QED) is 0.443. The Kier molecular flexibility index (Phi) is 5.66. The molecule has 0 atom stereocenters. The molecule has 3 N–H and O–H groups in total. The summed E-state index contributed by atoms with van der Waals surface area (Å²) in [4.78, 5) is 22.1. The number of carbonyl (C=O) groups is 2. The van der Waals surface area contributed by atoms with E-state index >= 15 is 0 Å². The lowest BCUT2D eigenvalue weighted by Crippen LogP contribution is -2.16. The second-order valence-electron chi connectivity index (χ2n) is 3.92. The number of esters is 1. The molecular weight excluding hydrogens is 250 g/mol. The fourth-order valence-electron chi connectivity index (χ4n) is 1.30. The van der Waals surface area contributed by atoms with Crippen molar-refractivity contribution in [2.45, 2.75) is 19.8 Å². The van der Waals surface area contributed by atoms with Gasteiger partial charge in [-0.1, -0.05) is 13.3 Å². The summed E-state index contributed by atoms with van der Waals surface area (Å²) in [6.45, 7) is 2.04. The van der Waals surface area contributed by atoms with E-state index in [1.165, 1.54) is 18.2 Å². The molecule has 104 valence electrons. The van der Waals surface area contributed by atoms with Crippen LogP contribution in [0.2, 0.25) is 0 Å². The van der Waals surface area contributed by atoms with Crippen LogP contribution in [-0.2, 0) is 9.53 Å². The third-order valence-corrected chi connectivity index (χ3v) is 2.37. The number of carboxylic acids is 1. The summed E-state index contributed by atoms with van der Waals surface area (Å²) < 4.78 is 10.1. The highest BCUT2D eigenvalue weighted by Gasteiger charge is 2.10. The SMILES string of the molecule is CCCCOC(=O)COc1cc(C(=O)O)ccc1N. The Balaban J connectivity index is 2.54. The Bertz CT molecular complexity index is 458. The molecule has 0 saturated heterocycles. The molecule has 0 bridgehead atoms. The van der Waals surface area contributed by atoms with Gasteiger partial charge in [0.05, 0.1) is 17.9 Å². The summed E-state index contributed by atoms with van der Waals surface area (Å²) in [7, 11) is 0. The maximum atomic E-state index is 11.3. The molecule has 19 heavy (non-hydrogen) atoms. The number of nitrogen functional groups attached to an aromatic ring is 1. The van der Waals surface area contributed by atoms with Gasteiger partial charge in [-0.05, 0) is 24.6 Å². The van der Waals surface area contributed by atoms with Crippen LogP contribution in [0.15, 0.2) is 18.2 Å². The van der Waals surface area contributed by atoms with Gasteiger partial charge in [-0.2, -0.15) is 0 Å². The molecular formula is C13H17NO5. The van der Waals surface area contributed by atoms with E-state index in [-0.39, 0.29) is 23.6 Å². The van der Waals surface area contributed by atoms with Crippen molar-refractivity contribution in [1.82, 2.24) is 0 Å². The monoisotopic (exact) mass is 267 g/mol. The number of hydrogen-bond donors (Lipinski definition) is 2. The molecule has 0 saturated carbocycles. The first-order valence-electron chi connectivity index (χ1n) is 5.95. The summed E-state index contributed by atoms with van der Waals surface area (Å²) in [5.41, 5.74) is 5.94. The second-order valence-corrected chi connectivity index (χ2v) is 3.92. The van der Waals surface area contributed by atoms with Gasteiger partial charge in [0.1, 0.15) is 5.75 Å². The Morgan fingerprint density at radius 2 is 2.11 bits per heavy atom. The average Bonchev–Trinajstić information content (AvgIpc) is 2.37. The molecule has 0 amide bonds. The summed E-state index contributed by atoms with van der Waals surface area (Å²) in [6.07, 6.45) is 1.73. The number of benzene rings is 1. The molecule has 0 aromatic heterocycles. The highest BCUT2D eigenvalue weighted by molar-refractivity contribution is 5.89. The van der Waals surface area contributed by atoms with Gasteiger partial charge in [-0.25, -0.2) is 9.59 Å². The predicted octanol–water partition coefficient (Wildman–Crippen LogP) is 1.69.